The summed E-state index contributed by atoms with van der Waals surface area (Å²) in [5, 5.41) is 10.6. The molecule has 1 atom stereocenters. The molecule has 0 aliphatic heterocycles. The first kappa shape index (κ1) is 16.4. The summed E-state index contributed by atoms with van der Waals surface area (Å²) < 4.78 is 5.24. The van der Waals surface area contributed by atoms with E-state index in [1.54, 1.807) is 37.3 Å². The van der Waals surface area contributed by atoms with Crippen LogP contribution >= 0.6 is 0 Å². The van der Waals surface area contributed by atoms with Crippen molar-refractivity contribution < 1.29 is 19.2 Å². The van der Waals surface area contributed by atoms with E-state index in [0.717, 1.165) is 0 Å². The second kappa shape index (κ2) is 7.31. The number of esters is 1. The summed E-state index contributed by atoms with van der Waals surface area (Å²) in [5.74, 6) is -0.959. The van der Waals surface area contributed by atoms with E-state index in [4.69, 9.17) is 4.74 Å². The third-order valence-electron chi connectivity index (χ3n) is 3.28. The highest BCUT2D eigenvalue weighted by atomic mass is 16.6. The fourth-order valence-electron chi connectivity index (χ4n) is 2.03. The quantitative estimate of drug-likeness (QED) is 0.353. The molecule has 0 heterocycles. The molecule has 6 heteroatoms. The largest absolute Gasteiger partial charge is 0.450 e. The lowest BCUT2D eigenvalue weighted by Crippen LogP contribution is -2.26. The molecule has 0 amide bonds. The molecule has 0 unspecified atom stereocenters. The van der Waals surface area contributed by atoms with Gasteiger partial charge in [-0.3, -0.25) is 14.9 Å². The van der Waals surface area contributed by atoms with Gasteiger partial charge in [0, 0.05) is 17.7 Å². The molecule has 118 valence electrons. The zero-order chi connectivity index (χ0) is 16.8. The monoisotopic (exact) mass is 313 g/mol. The molecule has 0 bridgehead atoms. The predicted octanol–water partition coefficient (Wildman–Crippen LogP) is 3.41. The zero-order valence-electron chi connectivity index (χ0n) is 12.5. The van der Waals surface area contributed by atoms with E-state index in [2.05, 4.69) is 0 Å². The Morgan fingerprint density at radius 3 is 2.17 bits per heavy atom. The third-order valence-corrected chi connectivity index (χ3v) is 3.28. The number of ether oxygens (including phenoxy) is 1. The molecule has 0 radical (unpaired) electrons. The number of carbonyl (C=O) groups is 2. The molecule has 0 fully saturated rings. The third kappa shape index (κ3) is 4.00. The Morgan fingerprint density at radius 2 is 1.65 bits per heavy atom. The summed E-state index contributed by atoms with van der Waals surface area (Å²) in [5.41, 5.74) is 0.514. The molecular weight excluding hydrogens is 298 g/mol. The lowest BCUT2D eigenvalue weighted by atomic mass is 10.0. The van der Waals surface area contributed by atoms with Gasteiger partial charge in [0.1, 0.15) is 0 Å². The van der Waals surface area contributed by atoms with Gasteiger partial charge in [0.05, 0.1) is 10.5 Å². The SMILES string of the molecule is CC[C@H](OC(=O)c1ccc([N+](=O)[O-])cc1)C(=O)c1ccccc1. The zero-order valence-corrected chi connectivity index (χ0v) is 12.5. The van der Waals surface area contributed by atoms with Gasteiger partial charge in [-0.1, -0.05) is 37.3 Å². The van der Waals surface area contributed by atoms with E-state index in [1.165, 1.54) is 24.3 Å². The fourth-order valence-corrected chi connectivity index (χ4v) is 2.03. The van der Waals surface area contributed by atoms with Gasteiger partial charge >= 0.3 is 5.97 Å². The summed E-state index contributed by atoms with van der Waals surface area (Å²) in [7, 11) is 0. The van der Waals surface area contributed by atoms with E-state index < -0.39 is 17.0 Å². The van der Waals surface area contributed by atoms with Crippen LogP contribution in [0.25, 0.3) is 0 Å². The number of carbonyl (C=O) groups excluding carboxylic acids is 2. The summed E-state index contributed by atoms with van der Waals surface area (Å²) in [6.45, 7) is 1.74. The molecule has 0 N–H and O–H groups in total. The summed E-state index contributed by atoms with van der Waals surface area (Å²) >= 11 is 0. The van der Waals surface area contributed by atoms with Crippen LogP contribution in [0.15, 0.2) is 54.6 Å². The number of ketones is 1. The maximum absolute atomic E-state index is 12.3. The predicted molar refractivity (Wildman–Crippen MR) is 83.4 cm³/mol. The van der Waals surface area contributed by atoms with Gasteiger partial charge in [0.25, 0.3) is 5.69 Å². The lowest BCUT2D eigenvalue weighted by Gasteiger charge is -2.15. The van der Waals surface area contributed by atoms with E-state index in [0.29, 0.717) is 12.0 Å². The van der Waals surface area contributed by atoms with Crippen molar-refractivity contribution in [2.24, 2.45) is 0 Å². The van der Waals surface area contributed by atoms with Gasteiger partial charge in [0.2, 0.25) is 5.78 Å². The number of non-ortho nitro benzene ring substituents is 1. The van der Waals surface area contributed by atoms with Crippen molar-refractivity contribution in [2.75, 3.05) is 0 Å². The van der Waals surface area contributed by atoms with Crippen molar-refractivity contribution in [1.82, 2.24) is 0 Å². The van der Waals surface area contributed by atoms with Crippen molar-refractivity contribution in [3.8, 4) is 0 Å². The molecule has 2 aromatic carbocycles. The van der Waals surface area contributed by atoms with Crippen LogP contribution in [0.1, 0.15) is 34.1 Å². The van der Waals surface area contributed by atoms with Gasteiger partial charge in [-0.05, 0) is 18.6 Å². The van der Waals surface area contributed by atoms with Crippen molar-refractivity contribution in [2.45, 2.75) is 19.4 Å². The Morgan fingerprint density at radius 1 is 1.04 bits per heavy atom. The molecule has 23 heavy (non-hydrogen) atoms. The molecular formula is C17H15NO5. The van der Waals surface area contributed by atoms with Crippen LogP contribution in [0.3, 0.4) is 0 Å². The first-order valence-corrected chi connectivity index (χ1v) is 7.07. The second-order valence-electron chi connectivity index (χ2n) is 4.84. The topological polar surface area (TPSA) is 86.5 Å². The number of nitro benzene ring substituents is 1. The Labute approximate surface area is 132 Å². The molecule has 2 aromatic rings. The molecule has 0 aliphatic rings. The van der Waals surface area contributed by atoms with Crippen LogP contribution in [0.5, 0.6) is 0 Å². The second-order valence-corrected chi connectivity index (χ2v) is 4.84. The van der Waals surface area contributed by atoms with Crippen molar-refractivity contribution in [1.29, 1.82) is 0 Å². The number of nitrogens with zero attached hydrogens (tertiary/aromatic N) is 1. The number of benzene rings is 2. The van der Waals surface area contributed by atoms with Gasteiger partial charge in [0.15, 0.2) is 6.10 Å². The van der Waals surface area contributed by atoms with Crippen LogP contribution in [-0.4, -0.2) is 22.8 Å². The highest BCUT2D eigenvalue weighted by molar-refractivity contribution is 6.01. The Bertz CT molecular complexity index is 710. The fraction of sp³-hybridized carbons (Fsp3) is 0.176. The molecule has 0 aromatic heterocycles. The average Bonchev–Trinajstić information content (AvgIpc) is 2.59. The summed E-state index contributed by atoms with van der Waals surface area (Å²) in [4.78, 5) is 34.5. The number of hydrogen-bond donors (Lipinski definition) is 0. The number of nitro groups is 1. The Kier molecular flexibility index (Phi) is 5.19. The average molecular weight is 313 g/mol. The van der Waals surface area contributed by atoms with Crippen LogP contribution < -0.4 is 0 Å². The minimum Gasteiger partial charge on any atom is -0.450 e. The molecule has 6 nitrogen and oxygen atoms in total. The van der Waals surface area contributed by atoms with E-state index in [-0.39, 0.29) is 17.0 Å². The minimum atomic E-state index is -0.889. The Hall–Kier alpha value is -3.02. The van der Waals surface area contributed by atoms with E-state index in [1.807, 2.05) is 0 Å². The number of hydrogen-bond acceptors (Lipinski definition) is 5. The maximum Gasteiger partial charge on any atom is 0.338 e. The van der Waals surface area contributed by atoms with Gasteiger partial charge < -0.3 is 4.74 Å². The molecule has 0 saturated carbocycles. The standard InChI is InChI=1S/C17H15NO5/c1-2-15(16(19)12-6-4-3-5-7-12)23-17(20)13-8-10-14(11-9-13)18(21)22/h3-11,15H,2H2,1H3/t15-/m0/s1. The lowest BCUT2D eigenvalue weighted by molar-refractivity contribution is -0.384. The highest BCUT2D eigenvalue weighted by Crippen LogP contribution is 2.15. The Balaban J connectivity index is 2.10. The summed E-state index contributed by atoms with van der Waals surface area (Å²) in [6, 6.07) is 13.6. The first-order valence-electron chi connectivity index (χ1n) is 7.07. The van der Waals surface area contributed by atoms with Gasteiger partial charge in [-0.25, -0.2) is 4.79 Å². The summed E-state index contributed by atoms with van der Waals surface area (Å²) in [6.07, 6.45) is -0.549. The minimum absolute atomic E-state index is 0.117. The van der Waals surface area contributed by atoms with Crippen molar-refractivity contribution in [3.05, 3.63) is 75.8 Å². The molecule has 0 saturated heterocycles. The normalized spacial score (nSPS) is 11.5. The van der Waals surface area contributed by atoms with E-state index >= 15 is 0 Å². The highest BCUT2D eigenvalue weighted by Gasteiger charge is 2.23. The van der Waals surface area contributed by atoms with Crippen LogP contribution in [0.4, 0.5) is 5.69 Å². The molecule has 0 aliphatic carbocycles. The molecule has 0 spiro atoms. The van der Waals surface area contributed by atoms with Gasteiger partial charge in [-0.15, -0.1) is 0 Å². The van der Waals surface area contributed by atoms with Crippen LogP contribution in [0.2, 0.25) is 0 Å². The van der Waals surface area contributed by atoms with Gasteiger partial charge in [-0.2, -0.15) is 0 Å². The van der Waals surface area contributed by atoms with Crippen molar-refractivity contribution >= 4 is 17.4 Å². The first-order chi connectivity index (χ1) is 11.0. The van der Waals surface area contributed by atoms with E-state index in [9.17, 15) is 19.7 Å². The maximum atomic E-state index is 12.3. The van der Waals surface area contributed by atoms with Crippen LogP contribution in [-0.2, 0) is 4.74 Å². The van der Waals surface area contributed by atoms with Crippen molar-refractivity contribution in [3.63, 3.8) is 0 Å². The van der Waals surface area contributed by atoms with Crippen LogP contribution in [0, 0.1) is 10.1 Å². The number of rotatable bonds is 6. The molecule has 2 rings (SSSR count). The number of Topliss-reactive ketones (excluding diaryl/α,β-unsaturated/α-hetero) is 1. The smallest absolute Gasteiger partial charge is 0.338 e.